The number of benzene rings is 1. The van der Waals surface area contributed by atoms with Crippen molar-refractivity contribution in [3.05, 3.63) is 59.2 Å². The van der Waals surface area contributed by atoms with Gasteiger partial charge in [-0.15, -0.1) is 0 Å². The minimum Gasteiger partial charge on any atom is -0.493 e. The molecule has 0 saturated carbocycles. The molecule has 1 aliphatic rings. The predicted octanol–water partition coefficient (Wildman–Crippen LogP) is 2.20. The Labute approximate surface area is 179 Å². The summed E-state index contributed by atoms with van der Waals surface area (Å²) in [6.45, 7) is 3.10. The van der Waals surface area contributed by atoms with Gasteiger partial charge >= 0.3 is 0 Å². The lowest BCUT2D eigenvalue weighted by molar-refractivity contribution is -0.0742. The van der Waals surface area contributed by atoms with Gasteiger partial charge in [-0.1, -0.05) is 6.07 Å². The minimum absolute atomic E-state index is 0.0527. The lowest BCUT2D eigenvalue weighted by Gasteiger charge is -2.45. The number of likely N-dealkylation sites (tertiary alicyclic amines) is 1. The lowest BCUT2D eigenvalue weighted by atomic mass is 10.00. The van der Waals surface area contributed by atoms with E-state index < -0.39 is 12.0 Å². The van der Waals surface area contributed by atoms with E-state index in [2.05, 4.69) is 15.0 Å². The number of aromatic nitrogens is 3. The first-order chi connectivity index (χ1) is 14.8. The van der Waals surface area contributed by atoms with E-state index >= 15 is 0 Å². The summed E-state index contributed by atoms with van der Waals surface area (Å²) in [7, 11) is 4.03. The van der Waals surface area contributed by atoms with Crippen molar-refractivity contribution in [1.29, 1.82) is 5.26 Å². The van der Waals surface area contributed by atoms with Crippen molar-refractivity contribution in [1.82, 2.24) is 24.6 Å². The van der Waals surface area contributed by atoms with Crippen molar-refractivity contribution in [3.63, 3.8) is 0 Å². The number of rotatable bonds is 5. The fourth-order valence-corrected chi connectivity index (χ4v) is 3.66. The average Bonchev–Trinajstić information content (AvgIpc) is 3.09. The van der Waals surface area contributed by atoms with Crippen LogP contribution in [0.4, 0.5) is 4.39 Å². The minimum atomic E-state index is -0.746. The van der Waals surface area contributed by atoms with Crippen LogP contribution in [-0.4, -0.2) is 68.0 Å². The number of aromatic hydroxyl groups is 1. The average molecular weight is 422 g/mol. The third-order valence-electron chi connectivity index (χ3n) is 5.79. The highest BCUT2D eigenvalue weighted by molar-refractivity contribution is 5.72. The molecule has 0 amide bonds. The topological polar surface area (TPSA) is 101 Å². The molecule has 160 valence electrons. The largest absolute Gasteiger partial charge is 0.493 e. The van der Waals surface area contributed by atoms with Gasteiger partial charge in [0, 0.05) is 30.9 Å². The molecule has 8 nitrogen and oxygen atoms in total. The third kappa shape index (κ3) is 3.65. The van der Waals surface area contributed by atoms with Gasteiger partial charge in [-0.3, -0.25) is 4.90 Å². The van der Waals surface area contributed by atoms with E-state index in [0.717, 1.165) is 13.1 Å². The van der Waals surface area contributed by atoms with Gasteiger partial charge in [0.2, 0.25) is 5.88 Å². The summed E-state index contributed by atoms with van der Waals surface area (Å²) >= 11 is 0. The number of aliphatic hydroxyl groups excluding tert-OH is 1. The van der Waals surface area contributed by atoms with Crippen LogP contribution in [0.2, 0.25) is 0 Å². The molecule has 0 spiro atoms. The number of nitrogens with zero attached hydrogens (tertiary/aromatic N) is 6. The van der Waals surface area contributed by atoms with Gasteiger partial charge in [0.25, 0.3) is 0 Å². The second kappa shape index (κ2) is 8.07. The van der Waals surface area contributed by atoms with Crippen molar-refractivity contribution < 1.29 is 14.6 Å². The number of hydrogen-bond acceptors (Lipinski definition) is 7. The molecule has 3 heterocycles. The van der Waals surface area contributed by atoms with Gasteiger partial charge in [-0.2, -0.15) is 15.0 Å². The molecule has 1 aromatic carbocycles. The normalized spacial score (nSPS) is 15.6. The molecule has 1 unspecified atom stereocenters. The number of nitriles is 1. The van der Waals surface area contributed by atoms with Gasteiger partial charge in [-0.05, 0) is 50.3 Å². The van der Waals surface area contributed by atoms with E-state index in [1.165, 1.54) is 16.9 Å². The molecular weight excluding hydrogens is 399 g/mol. The molecule has 2 aromatic heterocycles. The Hall–Kier alpha value is -3.32. The van der Waals surface area contributed by atoms with E-state index in [0.29, 0.717) is 28.6 Å². The van der Waals surface area contributed by atoms with E-state index in [9.17, 15) is 14.6 Å². The predicted molar refractivity (Wildman–Crippen MR) is 112 cm³/mol. The maximum absolute atomic E-state index is 14.3. The van der Waals surface area contributed by atoms with Crippen molar-refractivity contribution in [3.8, 4) is 28.9 Å². The second-order valence-corrected chi connectivity index (χ2v) is 7.90. The molecule has 1 saturated heterocycles. The summed E-state index contributed by atoms with van der Waals surface area (Å²) in [5.41, 5.74) is 1.63. The SMILES string of the molecule is Cc1c(-c2cnn(-c3ccc(C(O)N4CC(N(C)C)C4)cn3)c2O)ccc(C#N)c1F. The van der Waals surface area contributed by atoms with E-state index in [-0.39, 0.29) is 17.0 Å². The zero-order valence-electron chi connectivity index (χ0n) is 17.5. The monoisotopic (exact) mass is 422 g/mol. The van der Waals surface area contributed by atoms with Gasteiger partial charge in [0.1, 0.15) is 18.1 Å². The van der Waals surface area contributed by atoms with Crippen LogP contribution in [0.1, 0.15) is 22.9 Å². The van der Waals surface area contributed by atoms with Crippen molar-refractivity contribution in [2.24, 2.45) is 0 Å². The lowest BCUT2D eigenvalue weighted by Crippen LogP contribution is -2.58. The quantitative estimate of drug-likeness (QED) is 0.650. The summed E-state index contributed by atoms with van der Waals surface area (Å²) in [6, 6.07) is 8.59. The summed E-state index contributed by atoms with van der Waals surface area (Å²) in [5, 5.41) is 34.4. The number of aliphatic hydroxyl groups is 1. The Bertz CT molecular complexity index is 1150. The molecule has 3 aromatic rings. The van der Waals surface area contributed by atoms with Crippen LogP contribution in [-0.2, 0) is 0 Å². The number of pyridine rings is 1. The first kappa shape index (κ1) is 20.9. The van der Waals surface area contributed by atoms with Crippen molar-refractivity contribution >= 4 is 0 Å². The molecule has 0 radical (unpaired) electrons. The van der Waals surface area contributed by atoms with Gasteiger partial charge in [0.05, 0.1) is 17.3 Å². The molecule has 31 heavy (non-hydrogen) atoms. The second-order valence-electron chi connectivity index (χ2n) is 7.90. The molecule has 1 fully saturated rings. The summed E-state index contributed by atoms with van der Waals surface area (Å²) in [6.07, 6.45) is 2.23. The number of hydrogen-bond donors (Lipinski definition) is 2. The first-order valence-corrected chi connectivity index (χ1v) is 9.83. The van der Waals surface area contributed by atoms with E-state index in [4.69, 9.17) is 5.26 Å². The number of halogens is 1. The van der Waals surface area contributed by atoms with Crippen molar-refractivity contribution in [2.45, 2.75) is 19.2 Å². The van der Waals surface area contributed by atoms with Crippen LogP contribution in [0.15, 0.2) is 36.7 Å². The van der Waals surface area contributed by atoms with E-state index in [1.807, 2.05) is 19.0 Å². The summed E-state index contributed by atoms with van der Waals surface area (Å²) < 4.78 is 15.6. The maximum Gasteiger partial charge on any atom is 0.223 e. The zero-order valence-corrected chi connectivity index (χ0v) is 17.5. The number of likely N-dealkylation sites (N-methyl/N-ethyl adjacent to an activating group) is 1. The zero-order chi connectivity index (χ0) is 22.3. The summed E-state index contributed by atoms with van der Waals surface area (Å²) in [4.78, 5) is 8.41. The van der Waals surface area contributed by atoms with Gasteiger partial charge < -0.3 is 15.1 Å². The maximum atomic E-state index is 14.3. The Morgan fingerprint density at radius 1 is 1.19 bits per heavy atom. The Morgan fingerprint density at radius 3 is 2.55 bits per heavy atom. The molecular formula is C22H23FN6O2. The fourth-order valence-electron chi connectivity index (χ4n) is 3.66. The van der Waals surface area contributed by atoms with Crippen LogP contribution >= 0.6 is 0 Å². The molecule has 1 aliphatic heterocycles. The van der Waals surface area contributed by atoms with Crippen LogP contribution in [0.3, 0.4) is 0 Å². The highest BCUT2D eigenvalue weighted by Crippen LogP contribution is 2.34. The molecule has 4 rings (SSSR count). The molecule has 0 bridgehead atoms. The molecule has 0 aliphatic carbocycles. The van der Waals surface area contributed by atoms with Crippen LogP contribution in [0.5, 0.6) is 5.88 Å². The van der Waals surface area contributed by atoms with Crippen LogP contribution in [0, 0.1) is 24.1 Å². The fraction of sp³-hybridized carbons (Fsp3) is 0.318. The van der Waals surface area contributed by atoms with Crippen LogP contribution in [0.25, 0.3) is 16.9 Å². The standard InChI is InChI=1S/C22H23FN6O2/c1-13-17(6-4-14(8-24)20(13)23)18-10-26-29(22(18)31)19-7-5-15(9-25-19)21(30)28-11-16(12-28)27(2)3/h4-7,9-10,16,21,30-31H,11-12H2,1-3H3. The summed E-state index contributed by atoms with van der Waals surface area (Å²) in [5.74, 6) is -0.447. The molecule has 9 heteroatoms. The van der Waals surface area contributed by atoms with Gasteiger partial charge in [0.15, 0.2) is 5.82 Å². The first-order valence-electron chi connectivity index (χ1n) is 9.83. The van der Waals surface area contributed by atoms with Crippen LogP contribution < -0.4 is 0 Å². The van der Waals surface area contributed by atoms with E-state index in [1.54, 1.807) is 37.4 Å². The Morgan fingerprint density at radius 2 is 1.94 bits per heavy atom. The third-order valence-corrected chi connectivity index (χ3v) is 5.79. The highest BCUT2D eigenvalue weighted by atomic mass is 19.1. The Balaban J connectivity index is 1.56. The molecule has 2 N–H and O–H groups in total. The Kier molecular flexibility index (Phi) is 5.45. The van der Waals surface area contributed by atoms with Crippen molar-refractivity contribution in [2.75, 3.05) is 27.2 Å². The van der Waals surface area contributed by atoms with Gasteiger partial charge in [-0.25, -0.2) is 9.37 Å². The molecule has 1 atom stereocenters. The smallest absolute Gasteiger partial charge is 0.223 e. The highest BCUT2D eigenvalue weighted by Gasteiger charge is 2.33.